The second-order valence-electron chi connectivity index (χ2n) is 13.3. The third kappa shape index (κ3) is 9.47. The van der Waals surface area contributed by atoms with E-state index >= 15 is 0 Å². The standard InChI is InChI=1S/C43H45N3O5S/c1-33-15-14-18-35(29-33)31-45(41(30-34-16-6-2-7-17-34)43(48)44-36-19-8-3-9-20-36)42(47)32-46(52(49,50)40-23-12-5-13-24-40)37-25-27-39(28-26-37)51-38-21-10-4-11-22-38/h2,4-7,10-18,21-29,36,41H,3,8-9,19-20,30-32H2,1H3,(H,44,48)/t41-/m0/s1. The van der Waals surface area contributed by atoms with Crippen LogP contribution < -0.4 is 14.4 Å². The minimum atomic E-state index is -4.22. The maximum Gasteiger partial charge on any atom is 0.264 e. The van der Waals surface area contributed by atoms with Crippen molar-refractivity contribution in [3.05, 3.63) is 156 Å². The molecule has 0 aromatic heterocycles. The van der Waals surface area contributed by atoms with Crippen molar-refractivity contribution in [3.63, 3.8) is 0 Å². The van der Waals surface area contributed by atoms with Crippen LogP contribution in [0.3, 0.4) is 0 Å². The molecule has 0 bridgehead atoms. The fourth-order valence-electron chi connectivity index (χ4n) is 6.66. The molecule has 0 radical (unpaired) electrons. The van der Waals surface area contributed by atoms with E-state index in [4.69, 9.17) is 4.74 Å². The Hall–Kier alpha value is -5.41. The molecule has 5 aromatic carbocycles. The van der Waals surface area contributed by atoms with Crippen LogP contribution in [0.1, 0.15) is 48.8 Å². The Morgan fingerprint density at radius 2 is 1.33 bits per heavy atom. The molecule has 1 aliphatic carbocycles. The molecule has 2 amide bonds. The van der Waals surface area contributed by atoms with E-state index in [1.165, 1.54) is 12.1 Å². The van der Waals surface area contributed by atoms with Gasteiger partial charge >= 0.3 is 0 Å². The van der Waals surface area contributed by atoms with Gasteiger partial charge in [0.15, 0.2) is 0 Å². The molecule has 1 atom stereocenters. The number of carbonyl (C=O) groups is 2. The van der Waals surface area contributed by atoms with Gasteiger partial charge in [-0.05, 0) is 79.4 Å². The Morgan fingerprint density at radius 3 is 1.98 bits per heavy atom. The van der Waals surface area contributed by atoms with E-state index in [2.05, 4.69) is 5.32 Å². The summed E-state index contributed by atoms with van der Waals surface area (Å²) in [5, 5.41) is 3.26. The topological polar surface area (TPSA) is 96.0 Å². The van der Waals surface area contributed by atoms with Crippen LogP contribution in [0.4, 0.5) is 5.69 Å². The molecule has 0 heterocycles. The SMILES string of the molecule is Cc1cccc(CN(C(=O)CN(c2ccc(Oc3ccccc3)cc2)S(=O)(=O)c2ccccc2)[C@@H](Cc2ccccc2)C(=O)NC2CCCCC2)c1. The Morgan fingerprint density at radius 1 is 0.731 bits per heavy atom. The highest BCUT2D eigenvalue weighted by Gasteiger charge is 2.35. The van der Waals surface area contributed by atoms with E-state index in [1.807, 2.05) is 91.9 Å². The minimum Gasteiger partial charge on any atom is -0.457 e. The molecule has 0 spiro atoms. The van der Waals surface area contributed by atoms with E-state index in [1.54, 1.807) is 47.4 Å². The molecule has 0 aliphatic heterocycles. The Kier molecular flexibility index (Phi) is 12.0. The van der Waals surface area contributed by atoms with E-state index < -0.39 is 28.5 Å². The van der Waals surface area contributed by atoms with Crippen molar-refractivity contribution in [2.24, 2.45) is 0 Å². The van der Waals surface area contributed by atoms with Crippen LogP contribution in [0, 0.1) is 6.92 Å². The fraction of sp³-hybridized carbons (Fsp3) is 0.256. The number of anilines is 1. The monoisotopic (exact) mass is 715 g/mol. The molecule has 8 nitrogen and oxygen atoms in total. The Bertz CT molecular complexity index is 2020. The number of amides is 2. The number of benzene rings is 5. The zero-order valence-electron chi connectivity index (χ0n) is 29.4. The van der Waals surface area contributed by atoms with Crippen molar-refractivity contribution < 1.29 is 22.7 Å². The molecular weight excluding hydrogens is 671 g/mol. The summed E-state index contributed by atoms with van der Waals surface area (Å²) in [5.74, 6) is 0.422. The molecule has 9 heteroatoms. The first-order valence-electron chi connectivity index (χ1n) is 17.9. The molecule has 1 fully saturated rings. The molecule has 1 aliphatic rings. The first-order valence-corrected chi connectivity index (χ1v) is 19.3. The van der Waals surface area contributed by atoms with Crippen LogP contribution >= 0.6 is 0 Å². The summed E-state index contributed by atoms with van der Waals surface area (Å²) < 4.78 is 35.8. The number of sulfonamides is 1. The molecule has 52 heavy (non-hydrogen) atoms. The average molecular weight is 716 g/mol. The molecule has 1 N–H and O–H groups in total. The van der Waals surface area contributed by atoms with Gasteiger partial charge in [-0.25, -0.2) is 8.42 Å². The van der Waals surface area contributed by atoms with Gasteiger partial charge in [-0.1, -0.05) is 116 Å². The predicted molar refractivity (Wildman–Crippen MR) is 205 cm³/mol. The molecule has 0 unspecified atom stereocenters. The van der Waals surface area contributed by atoms with E-state index in [0.29, 0.717) is 17.2 Å². The highest BCUT2D eigenvalue weighted by atomic mass is 32.2. The third-order valence-electron chi connectivity index (χ3n) is 9.37. The molecule has 5 aromatic rings. The zero-order valence-corrected chi connectivity index (χ0v) is 30.3. The minimum absolute atomic E-state index is 0.0296. The molecule has 0 saturated heterocycles. The summed E-state index contributed by atoms with van der Waals surface area (Å²) in [4.78, 5) is 30.8. The van der Waals surface area contributed by atoms with Gasteiger partial charge in [-0.3, -0.25) is 13.9 Å². The summed E-state index contributed by atoms with van der Waals surface area (Å²) in [6, 6.07) is 40.6. The smallest absolute Gasteiger partial charge is 0.264 e. The Labute approximate surface area is 307 Å². The number of nitrogens with zero attached hydrogens (tertiary/aromatic N) is 2. The van der Waals surface area contributed by atoms with Gasteiger partial charge in [-0.15, -0.1) is 0 Å². The predicted octanol–water partition coefficient (Wildman–Crippen LogP) is 8.07. The molecule has 268 valence electrons. The summed E-state index contributed by atoms with van der Waals surface area (Å²) in [5.41, 5.74) is 3.05. The third-order valence-corrected chi connectivity index (χ3v) is 11.2. The molecular formula is C43H45N3O5S. The average Bonchev–Trinajstić information content (AvgIpc) is 3.17. The lowest BCUT2D eigenvalue weighted by atomic mass is 9.94. The van der Waals surface area contributed by atoms with Gasteiger partial charge in [0.25, 0.3) is 10.0 Å². The van der Waals surface area contributed by atoms with Gasteiger partial charge in [0, 0.05) is 19.0 Å². The quantitative estimate of drug-likeness (QED) is 0.126. The summed E-state index contributed by atoms with van der Waals surface area (Å²) in [7, 11) is -4.22. The maximum absolute atomic E-state index is 14.8. The van der Waals surface area contributed by atoms with Gasteiger partial charge in [0.2, 0.25) is 11.8 Å². The van der Waals surface area contributed by atoms with Crippen molar-refractivity contribution >= 4 is 27.5 Å². The summed E-state index contributed by atoms with van der Waals surface area (Å²) in [6.45, 7) is 1.58. The number of hydrogen-bond donors (Lipinski definition) is 1. The lowest BCUT2D eigenvalue weighted by Crippen LogP contribution is -2.55. The van der Waals surface area contributed by atoms with E-state index in [9.17, 15) is 18.0 Å². The van der Waals surface area contributed by atoms with Gasteiger partial charge in [-0.2, -0.15) is 0 Å². The first kappa shape index (κ1) is 36.4. The van der Waals surface area contributed by atoms with Crippen molar-refractivity contribution in [1.29, 1.82) is 0 Å². The number of carbonyl (C=O) groups excluding carboxylic acids is 2. The number of ether oxygens (including phenoxy) is 1. The number of para-hydroxylation sites is 1. The highest BCUT2D eigenvalue weighted by molar-refractivity contribution is 7.92. The van der Waals surface area contributed by atoms with Gasteiger partial charge in [0.05, 0.1) is 10.6 Å². The van der Waals surface area contributed by atoms with Crippen LogP contribution in [0.15, 0.2) is 144 Å². The number of rotatable bonds is 14. The lowest BCUT2D eigenvalue weighted by molar-refractivity contribution is -0.140. The van der Waals surface area contributed by atoms with Crippen molar-refractivity contribution in [3.8, 4) is 11.5 Å². The Balaban J connectivity index is 1.38. The van der Waals surface area contributed by atoms with Gasteiger partial charge < -0.3 is 15.0 Å². The molecule has 6 rings (SSSR count). The van der Waals surface area contributed by atoms with Crippen LogP contribution in [0.5, 0.6) is 11.5 Å². The van der Waals surface area contributed by atoms with Crippen LogP contribution in [0.2, 0.25) is 0 Å². The number of aryl methyl sites for hydroxylation is 1. The van der Waals surface area contributed by atoms with Crippen LogP contribution in [0.25, 0.3) is 0 Å². The molecule has 1 saturated carbocycles. The number of nitrogens with one attached hydrogen (secondary N) is 1. The van der Waals surface area contributed by atoms with Crippen molar-refractivity contribution in [2.45, 2.75) is 69.0 Å². The summed E-state index contributed by atoms with van der Waals surface area (Å²) >= 11 is 0. The second-order valence-corrected chi connectivity index (χ2v) is 15.2. The maximum atomic E-state index is 14.8. The highest BCUT2D eigenvalue weighted by Crippen LogP contribution is 2.29. The van der Waals surface area contributed by atoms with Crippen LogP contribution in [-0.2, 0) is 32.6 Å². The summed E-state index contributed by atoms with van der Waals surface area (Å²) in [6.07, 6.45) is 5.28. The van der Waals surface area contributed by atoms with Crippen molar-refractivity contribution in [2.75, 3.05) is 10.8 Å². The lowest BCUT2D eigenvalue weighted by Gasteiger charge is -2.35. The largest absolute Gasteiger partial charge is 0.457 e. The van der Waals surface area contributed by atoms with E-state index in [-0.39, 0.29) is 29.8 Å². The van der Waals surface area contributed by atoms with Crippen molar-refractivity contribution in [1.82, 2.24) is 10.2 Å². The fourth-order valence-corrected chi connectivity index (χ4v) is 8.09. The van der Waals surface area contributed by atoms with E-state index in [0.717, 1.165) is 53.1 Å². The second kappa shape index (κ2) is 17.2. The normalized spacial score (nSPS) is 13.9. The van der Waals surface area contributed by atoms with Gasteiger partial charge in [0.1, 0.15) is 24.1 Å². The zero-order chi connectivity index (χ0) is 36.3. The number of hydrogen-bond acceptors (Lipinski definition) is 5. The first-order chi connectivity index (χ1) is 25.3. The van der Waals surface area contributed by atoms with Crippen LogP contribution in [-0.4, -0.2) is 43.8 Å².